The molecule has 3 rings (SSSR count). The summed E-state index contributed by atoms with van der Waals surface area (Å²) in [6.45, 7) is 5.73. The molecular weight excluding hydrogens is 344 g/mol. The van der Waals surface area contributed by atoms with E-state index in [4.69, 9.17) is 18.9 Å². The molecule has 1 aliphatic heterocycles. The van der Waals surface area contributed by atoms with E-state index in [0.717, 1.165) is 30.8 Å². The lowest BCUT2D eigenvalue weighted by molar-refractivity contribution is -0.157. The molecule has 0 bridgehead atoms. The average Bonchev–Trinajstić information content (AvgIpc) is 3.07. The monoisotopic (exact) mass is 370 g/mol. The van der Waals surface area contributed by atoms with Gasteiger partial charge in [-0.1, -0.05) is 18.2 Å². The molecule has 0 aliphatic carbocycles. The number of hydrogen-bond donors (Lipinski definition) is 0. The Kier molecular flexibility index (Phi) is 5.89. The largest absolute Gasteiger partial charge is 0.482 e. The zero-order chi connectivity index (χ0) is 19.3. The number of ether oxygens (including phenoxy) is 4. The second-order valence-corrected chi connectivity index (χ2v) is 7.56. The van der Waals surface area contributed by atoms with Crippen molar-refractivity contribution in [2.45, 2.75) is 45.6 Å². The average molecular weight is 370 g/mol. The van der Waals surface area contributed by atoms with Gasteiger partial charge in [0.15, 0.2) is 18.1 Å². The van der Waals surface area contributed by atoms with Crippen LogP contribution >= 0.6 is 0 Å². The van der Waals surface area contributed by atoms with E-state index in [0.29, 0.717) is 12.5 Å². The molecule has 0 spiro atoms. The Morgan fingerprint density at radius 3 is 2.52 bits per heavy atom. The summed E-state index contributed by atoms with van der Waals surface area (Å²) in [6.07, 6.45) is 2.90. The van der Waals surface area contributed by atoms with Gasteiger partial charge in [-0.2, -0.15) is 0 Å². The van der Waals surface area contributed by atoms with Crippen LogP contribution in [-0.4, -0.2) is 25.0 Å². The van der Waals surface area contributed by atoms with Gasteiger partial charge in [-0.05, 0) is 75.4 Å². The maximum Gasteiger partial charge on any atom is 0.344 e. The Hall–Kier alpha value is -2.69. The smallest absolute Gasteiger partial charge is 0.344 e. The Morgan fingerprint density at radius 2 is 1.74 bits per heavy atom. The molecule has 0 saturated heterocycles. The fourth-order valence-electron chi connectivity index (χ4n) is 2.90. The minimum Gasteiger partial charge on any atom is -0.482 e. The minimum atomic E-state index is -0.503. The highest BCUT2D eigenvalue weighted by atomic mass is 16.7. The number of rotatable bonds is 7. The van der Waals surface area contributed by atoms with Crippen LogP contribution in [0.3, 0.4) is 0 Å². The van der Waals surface area contributed by atoms with Crippen molar-refractivity contribution in [3.05, 3.63) is 53.6 Å². The van der Waals surface area contributed by atoms with Crippen molar-refractivity contribution in [2.24, 2.45) is 0 Å². The summed E-state index contributed by atoms with van der Waals surface area (Å²) in [5.41, 5.74) is 1.91. The van der Waals surface area contributed by atoms with Crippen LogP contribution in [0.1, 0.15) is 38.3 Å². The molecular formula is C22H26O5. The van der Waals surface area contributed by atoms with Crippen molar-refractivity contribution in [2.75, 3.05) is 13.4 Å². The Labute approximate surface area is 160 Å². The van der Waals surface area contributed by atoms with Gasteiger partial charge in [0.05, 0.1) is 0 Å². The first-order chi connectivity index (χ1) is 12.9. The van der Waals surface area contributed by atoms with Gasteiger partial charge < -0.3 is 18.9 Å². The maximum absolute atomic E-state index is 11.8. The van der Waals surface area contributed by atoms with Crippen molar-refractivity contribution in [1.29, 1.82) is 0 Å². The van der Waals surface area contributed by atoms with Gasteiger partial charge in [0.1, 0.15) is 11.4 Å². The lowest BCUT2D eigenvalue weighted by atomic mass is 10.0. The highest BCUT2D eigenvalue weighted by Crippen LogP contribution is 2.32. The van der Waals surface area contributed by atoms with E-state index in [2.05, 4.69) is 12.1 Å². The molecule has 0 atom stereocenters. The van der Waals surface area contributed by atoms with Crippen LogP contribution in [0.15, 0.2) is 42.5 Å². The summed E-state index contributed by atoms with van der Waals surface area (Å²) in [7, 11) is 0. The number of hydrogen-bond acceptors (Lipinski definition) is 5. The maximum atomic E-state index is 11.8. The lowest BCUT2D eigenvalue weighted by Gasteiger charge is -2.19. The molecule has 0 aromatic heterocycles. The van der Waals surface area contributed by atoms with Crippen molar-refractivity contribution < 1.29 is 23.7 Å². The third kappa shape index (κ3) is 5.91. The first-order valence-electron chi connectivity index (χ1n) is 9.21. The number of aryl methyl sites for hydroxylation is 2. The molecule has 0 radical (unpaired) electrons. The zero-order valence-corrected chi connectivity index (χ0v) is 16.1. The van der Waals surface area contributed by atoms with E-state index < -0.39 is 5.60 Å². The van der Waals surface area contributed by atoms with Crippen molar-refractivity contribution in [3.8, 4) is 17.2 Å². The van der Waals surface area contributed by atoms with E-state index >= 15 is 0 Å². The molecule has 2 aromatic carbocycles. The molecule has 144 valence electrons. The quantitative estimate of drug-likeness (QED) is 0.680. The lowest BCUT2D eigenvalue weighted by Crippen LogP contribution is -2.27. The number of carbonyl (C=O) groups excluding carboxylic acids is 1. The van der Waals surface area contributed by atoms with E-state index in [1.807, 2.05) is 51.1 Å². The predicted molar refractivity (Wildman–Crippen MR) is 102 cm³/mol. The summed E-state index contributed by atoms with van der Waals surface area (Å²) < 4.78 is 21.6. The standard InChI is InChI=1S/C22H26O5/c1-22(2,3)27-21(23)14-24-18-9-5-8-16(12-18)6-4-7-17-10-11-19-20(13-17)26-15-25-19/h5,8-13H,4,6-7,14-15H2,1-3H3. The molecule has 0 fully saturated rings. The van der Waals surface area contributed by atoms with E-state index in [9.17, 15) is 4.79 Å². The first kappa shape index (κ1) is 19.1. The molecule has 2 aromatic rings. The number of esters is 1. The topological polar surface area (TPSA) is 54.0 Å². The molecule has 5 nitrogen and oxygen atoms in total. The fourth-order valence-corrected chi connectivity index (χ4v) is 2.90. The minimum absolute atomic E-state index is 0.0854. The molecule has 0 amide bonds. The van der Waals surface area contributed by atoms with Gasteiger partial charge in [0.2, 0.25) is 6.79 Å². The third-order valence-corrected chi connectivity index (χ3v) is 4.04. The molecule has 0 saturated carbocycles. The molecule has 1 heterocycles. The van der Waals surface area contributed by atoms with Gasteiger partial charge in [-0.25, -0.2) is 4.79 Å². The van der Waals surface area contributed by atoms with Crippen LogP contribution in [0.25, 0.3) is 0 Å². The predicted octanol–water partition coefficient (Wildman–Crippen LogP) is 4.31. The Balaban J connectivity index is 1.47. The Bertz CT molecular complexity index is 792. The SMILES string of the molecule is CC(C)(C)OC(=O)COc1cccc(CCCc2ccc3c(c2)OCO3)c1. The van der Waals surface area contributed by atoms with Gasteiger partial charge in [-0.15, -0.1) is 0 Å². The number of fused-ring (bicyclic) bond motifs is 1. The molecule has 0 N–H and O–H groups in total. The van der Waals surface area contributed by atoms with Crippen molar-refractivity contribution in [3.63, 3.8) is 0 Å². The van der Waals surface area contributed by atoms with Crippen LogP contribution in [0.5, 0.6) is 17.2 Å². The van der Waals surface area contributed by atoms with Gasteiger partial charge >= 0.3 is 5.97 Å². The van der Waals surface area contributed by atoms with Crippen LogP contribution in [0, 0.1) is 0 Å². The Morgan fingerprint density at radius 1 is 1.00 bits per heavy atom. The first-order valence-corrected chi connectivity index (χ1v) is 9.21. The fraction of sp³-hybridized carbons (Fsp3) is 0.409. The van der Waals surface area contributed by atoms with E-state index in [1.54, 1.807) is 0 Å². The normalized spacial score (nSPS) is 12.7. The highest BCUT2D eigenvalue weighted by molar-refractivity contribution is 5.71. The van der Waals surface area contributed by atoms with Gasteiger partial charge in [0.25, 0.3) is 0 Å². The van der Waals surface area contributed by atoms with Crippen LogP contribution in [0.2, 0.25) is 0 Å². The van der Waals surface area contributed by atoms with Crippen LogP contribution in [-0.2, 0) is 22.4 Å². The molecule has 1 aliphatic rings. The van der Waals surface area contributed by atoms with Crippen molar-refractivity contribution in [1.82, 2.24) is 0 Å². The van der Waals surface area contributed by atoms with Crippen LogP contribution in [0.4, 0.5) is 0 Å². The van der Waals surface area contributed by atoms with E-state index in [-0.39, 0.29) is 12.6 Å². The number of carbonyl (C=O) groups is 1. The summed E-state index contributed by atoms with van der Waals surface area (Å²) in [6, 6.07) is 13.9. The van der Waals surface area contributed by atoms with Crippen molar-refractivity contribution >= 4 is 5.97 Å². The third-order valence-electron chi connectivity index (χ3n) is 4.04. The zero-order valence-electron chi connectivity index (χ0n) is 16.1. The van der Waals surface area contributed by atoms with E-state index in [1.165, 1.54) is 11.1 Å². The molecule has 0 unspecified atom stereocenters. The van der Waals surface area contributed by atoms with Crippen LogP contribution < -0.4 is 14.2 Å². The molecule has 5 heteroatoms. The highest BCUT2D eigenvalue weighted by Gasteiger charge is 2.16. The summed E-state index contributed by atoms with van der Waals surface area (Å²) in [5.74, 6) is 1.95. The summed E-state index contributed by atoms with van der Waals surface area (Å²) in [4.78, 5) is 11.8. The van der Waals surface area contributed by atoms with Gasteiger partial charge in [0, 0.05) is 0 Å². The second-order valence-electron chi connectivity index (χ2n) is 7.56. The van der Waals surface area contributed by atoms with Gasteiger partial charge in [-0.3, -0.25) is 0 Å². The molecule has 27 heavy (non-hydrogen) atoms. The second kappa shape index (κ2) is 8.33. The summed E-state index contributed by atoms with van der Waals surface area (Å²) >= 11 is 0. The number of benzene rings is 2. The summed E-state index contributed by atoms with van der Waals surface area (Å²) in [5, 5.41) is 0.